The lowest BCUT2D eigenvalue weighted by atomic mass is 9.96. The number of aromatic nitrogens is 3. The molecule has 0 amide bonds. The van der Waals surface area contributed by atoms with Crippen molar-refractivity contribution >= 4 is 10.2 Å². The molecule has 0 N–H and O–H groups in total. The zero-order valence-corrected chi connectivity index (χ0v) is 16.0. The summed E-state index contributed by atoms with van der Waals surface area (Å²) < 4.78 is 33.6. The summed E-state index contributed by atoms with van der Waals surface area (Å²) in [5.41, 5.74) is 1.43. The first kappa shape index (κ1) is 18.7. The fraction of sp³-hybridized carbons (Fsp3) is 0.471. The van der Waals surface area contributed by atoms with Crippen molar-refractivity contribution < 1.29 is 13.2 Å². The lowest BCUT2D eigenvalue weighted by molar-refractivity contribution is 0.291. The highest BCUT2D eigenvalue weighted by Crippen LogP contribution is 2.34. The van der Waals surface area contributed by atoms with Crippen LogP contribution in [0.3, 0.4) is 0 Å². The number of nitrogens with zero attached hydrogens (tertiary/aromatic N) is 5. The maximum absolute atomic E-state index is 12.5. The molecule has 2 aromatic rings. The van der Waals surface area contributed by atoms with Gasteiger partial charge in [0.05, 0.1) is 5.69 Å². The molecule has 0 radical (unpaired) electrons. The Bertz CT molecular complexity index is 872. The summed E-state index contributed by atoms with van der Waals surface area (Å²) in [5.74, 6) is 0.944. The van der Waals surface area contributed by atoms with Crippen LogP contribution in [0.4, 0.5) is 0 Å². The van der Waals surface area contributed by atoms with E-state index in [1.165, 1.54) is 8.61 Å². The Labute approximate surface area is 154 Å². The second-order valence-corrected chi connectivity index (χ2v) is 8.57. The molecule has 26 heavy (non-hydrogen) atoms. The van der Waals surface area contributed by atoms with Crippen molar-refractivity contribution in [2.45, 2.75) is 25.7 Å². The van der Waals surface area contributed by atoms with Crippen molar-refractivity contribution in [3.05, 3.63) is 42.1 Å². The molecule has 0 saturated carbocycles. The number of hydrogen-bond acceptors (Lipinski definition) is 6. The van der Waals surface area contributed by atoms with E-state index < -0.39 is 10.2 Å². The Morgan fingerprint density at radius 1 is 1.19 bits per heavy atom. The molecule has 1 atom stereocenters. The minimum absolute atomic E-state index is 0.0702. The van der Waals surface area contributed by atoms with Crippen molar-refractivity contribution in [3.63, 3.8) is 0 Å². The number of hydrogen-bond donors (Lipinski definition) is 0. The number of ether oxygens (including phenoxy) is 1. The normalized spacial score (nSPS) is 18.8. The van der Waals surface area contributed by atoms with E-state index in [4.69, 9.17) is 4.74 Å². The molecule has 3 rings (SSSR count). The standard InChI is InChI=1S/C17H23N5O3S/c1-13-15(7-4-8-18-13)25-17-16(19-9-10-20-17)14-6-5-11-22(12-14)26(23,24)21(2)3/h4,7-10,14H,5-6,11-12H2,1-3H3. The minimum Gasteiger partial charge on any atom is -0.435 e. The van der Waals surface area contributed by atoms with Crippen molar-refractivity contribution in [1.82, 2.24) is 23.6 Å². The summed E-state index contributed by atoms with van der Waals surface area (Å²) in [7, 11) is -0.366. The first-order valence-electron chi connectivity index (χ1n) is 8.47. The summed E-state index contributed by atoms with van der Waals surface area (Å²) in [6.07, 6.45) is 6.48. The zero-order valence-electron chi connectivity index (χ0n) is 15.2. The smallest absolute Gasteiger partial charge is 0.281 e. The molecule has 0 bridgehead atoms. The topological polar surface area (TPSA) is 88.5 Å². The summed E-state index contributed by atoms with van der Waals surface area (Å²) in [5, 5.41) is 0. The van der Waals surface area contributed by atoms with Gasteiger partial charge in [-0.1, -0.05) is 0 Å². The van der Waals surface area contributed by atoms with Gasteiger partial charge in [-0.25, -0.2) is 4.98 Å². The molecule has 9 heteroatoms. The summed E-state index contributed by atoms with van der Waals surface area (Å²) >= 11 is 0. The van der Waals surface area contributed by atoms with E-state index in [-0.39, 0.29) is 5.92 Å². The molecule has 1 fully saturated rings. The van der Waals surface area contributed by atoms with Crippen molar-refractivity contribution in [2.75, 3.05) is 27.2 Å². The molecule has 1 aliphatic rings. The van der Waals surface area contributed by atoms with Crippen molar-refractivity contribution in [1.29, 1.82) is 0 Å². The lowest BCUT2D eigenvalue weighted by Gasteiger charge is -2.33. The number of pyridine rings is 1. The highest BCUT2D eigenvalue weighted by molar-refractivity contribution is 7.86. The maximum Gasteiger partial charge on any atom is 0.281 e. The van der Waals surface area contributed by atoms with Crippen LogP contribution in [0.15, 0.2) is 30.7 Å². The molecule has 0 aromatic carbocycles. The van der Waals surface area contributed by atoms with Crippen LogP contribution in [0.1, 0.15) is 30.1 Å². The molecular weight excluding hydrogens is 354 g/mol. The van der Waals surface area contributed by atoms with Crippen LogP contribution in [0.5, 0.6) is 11.6 Å². The molecular formula is C17H23N5O3S. The predicted molar refractivity (Wildman–Crippen MR) is 97.2 cm³/mol. The third kappa shape index (κ3) is 3.84. The van der Waals surface area contributed by atoms with Gasteiger partial charge >= 0.3 is 0 Å². The fourth-order valence-corrected chi connectivity index (χ4v) is 4.17. The molecule has 3 heterocycles. The summed E-state index contributed by atoms with van der Waals surface area (Å²) in [6, 6.07) is 3.62. The van der Waals surface area contributed by atoms with Gasteiger partial charge in [0.1, 0.15) is 5.69 Å². The van der Waals surface area contributed by atoms with Gasteiger partial charge < -0.3 is 4.74 Å². The van der Waals surface area contributed by atoms with Gasteiger partial charge in [0.2, 0.25) is 5.88 Å². The zero-order chi connectivity index (χ0) is 18.7. The first-order valence-corrected chi connectivity index (χ1v) is 9.87. The maximum atomic E-state index is 12.5. The molecule has 2 aromatic heterocycles. The van der Waals surface area contributed by atoms with Gasteiger partial charge in [-0.05, 0) is 31.9 Å². The third-order valence-corrected chi connectivity index (χ3v) is 6.32. The van der Waals surface area contributed by atoms with Crippen LogP contribution < -0.4 is 4.74 Å². The van der Waals surface area contributed by atoms with Gasteiger partial charge in [-0.15, -0.1) is 0 Å². The first-order chi connectivity index (χ1) is 12.4. The van der Waals surface area contributed by atoms with Crippen LogP contribution >= 0.6 is 0 Å². The largest absolute Gasteiger partial charge is 0.435 e. The van der Waals surface area contributed by atoms with Crippen molar-refractivity contribution in [3.8, 4) is 11.6 Å². The Balaban J connectivity index is 1.87. The molecule has 1 saturated heterocycles. The van der Waals surface area contributed by atoms with E-state index in [9.17, 15) is 8.42 Å². The predicted octanol–water partition coefficient (Wildman–Crippen LogP) is 1.96. The van der Waals surface area contributed by atoms with E-state index in [0.717, 1.165) is 18.5 Å². The van der Waals surface area contributed by atoms with E-state index in [2.05, 4.69) is 15.0 Å². The lowest BCUT2D eigenvalue weighted by Crippen LogP contribution is -2.45. The quantitative estimate of drug-likeness (QED) is 0.791. The van der Waals surface area contributed by atoms with Crippen LogP contribution in [0, 0.1) is 6.92 Å². The van der Waals surface area contributed by atoms with E-state index >= 15 is 0 Å². The Morgan fingerprint density at radius 2 is 1.96 bits per heavy atom. The minimum atomic E-state index is -3.45. The molecule has 1 unspecified atom stereocenters. The van der Waals surface area contributed by atoms with Gasteiger partial charge in [0.25, 0.3) is 10.2 Å². The molecule has 1 aliphatic heterocycles. The molecule has 8 nitrogen and oxygen atoms in total. The monoisotopic (exact) mass is 377 g/mol. The van der Waals surface area contributed by atoms with E-state index in [1.807, 2.05) is 13.0 Å². The molecule has 0 aliphatic carbocycles. The Hall–Kier alpha value is -2.10. The summed E-state index contributed by atoms with van der Waals surface area (Å²) in [4.78, 5) is 13.0. The van der Waals surface area contributed by atoms with Crippen LogP contribution in [-0.4, -0.2) is 59.2 Å². The number of piperidine rings is 1. The average Bonchev–Trinajstić information content (AvgIpc) is 2.64. The Morgan fingerprint density at radius 3 is 2.69 bits per heavy atom. The van der Waals surface area contributed by atoms with Gasteiger partial charge in [0.15, 0.2) is 5.75 Å². The highest BCUT2D eigenvalue weighted by Gasteiger charge is 2.33. The highest BCUT2D eigenvalue weighted by atomic mass is 32.2. The van der Waals surface area contributed by atoms with Crippen LogP contribution in [0.25, 0.3) is 0 Å². The second-order valence-electron chi connectivity index (χ2n) is 6.42. The molecule has 0 spiro atoms. The number of rotatable bonds is 5. The van der Waals surface area contributed by atoms with Crippen molar-refractivity contribution in [2.24, 2.45) is 0 Å². The van der Waals surface area contributed by atoms with Crippen LogP contribution in [0.2, 0.25) is 0 Å². The van der Waals surface area contributed by atoms with Gasteiger partial charge in [-0.3, -0.25) is 9.97 Å². The SMILES string of the molecule is Cc1ncccc1Oc1nccnc1C1CCCN(S(=O)(=O)N(C)C)C1. The average molecular weight is 377 g/mol. The number of aryl methyl sites for hydroxylation is 1. The fourth-order valence-electron chi connectivity index (χ4n) is 2.98. The van der Waals surface area contributed by atoms with Crippen LogP contribution in [-0.2, 0) is 10.2 Å². The van der Waals surface area contributed by atoms with E-state index in [1.54, 1.807) is 38.8 Å². The second kappa shape index (κ2) is 7.65. The summed E-state index contributed by atoms with van der Waals surface area (Å²) in [6.45, 7) is 2.73. The van der Waals surface area contributed by atoms with Gasteiger partial charge in [0, 0.05) is 51.7 Å². The third-order valence-electron chi connectivity index (χ3n) is 4.41. The molecule has 140 valence electrons. The Kier molecular flexibility index (Phi) is 5.49. The van der Waals surface area contributed by atoms with Gasteiger partial charge in [-0.2, -0.15) is 17.0 Å². The van der Waals surface area contributed by atoms with E-state index in [0.29, 0.717) is 30.4 Å².